The standard InChI is InChI=1S/C17H17F3N2O3S2/c18-17(19,20)13-3-1-9-22(11-13)16(23)12-5-7-14(8-6-12)21-27(24,25)15-4-2-10-26-15/h2,4-8,10,13,21H,1,3,9,11H2/t13-/m1/s1. The van der Waals surface area contributed by atoms with E-state index in [9.17, 15) is 26.4 Å². The van der Waals surface area contributed by atoms with Crippen LogP contribution in [0, 0.1) is 5.92 Å². The first-order chi connectivity index (χ1) is 12.7. The first kappa shape index (κ1) is 19.7. The molecule has 1 aromatic heterocycles. The second kappa shape index (κ2) is 7.51. The van der Waals surface area contributed by atoms with Crippen LogP contribution in [0.1, 0.15) is 23.2 Å². The zero-order valence-corrected chi connectivity index (χ0v) is 15.7. The predicted molar refractivity (Wildman–Crippen MR) is 96.3 cm³/mol. The minimum Gasteiger partial charge on any atom is -0.338 e. The van der Waals surface area contributed by atoms with Crippen molar-refractivity contribution in [3.8, 4) is 0 Å². The summed E-state index contributed by atoms with van der Waals surface area (Å²) in [6, 6.07) is 8.75. The third kappa shape index (κ3) is 4.62. The Morgan fingerprint density at radius 3 is 2.48 bits per heavy atom. The normalized spacial score (nSPS) is 18.3. The number of carbonyl (C=O) groups is 1. The number of hydrogen-bond acceptors (Lipinski definition) is 4. The smallest absolute Gasteiger partial charge is 0.338 e. The third-order valence-corrected chi connectivity index (χ3v) is 7.09. The van der Waals surface area contributed by atoms with E-state index in [4.69, 9.17) is 0 Å². The molecule has 1 aromatic carbocycles. The Morgan fingerprint density at radius 1 is 1.19 bits per heavy atom. The third-order valence-electron chi connectivity index (χ3n) is 4.32. The van der Waals surface area contributed by atoms with Gasteiger partial charge in [-0.2, -0.15) is 13.2 Å². The number of likely N-dealkylation sites (tertiary alicyclic amines) is 1. The second-order valence-corrected chi connectivity index (χ2v) is 9.10. The van der Waals surface area contributed by atoms with E-state index in [2.05, 4.69) is 4.72 Å². The molecule has 1 saturated heterocycles. The molecule has 1 aliphatic rings. The lowest BCUT2D eigenvalue weighted by Crippen LogP contribution is -2.44. The SMILES string of the molecule is O=C(c1ccc(NS(=O)(=O)c2cccs2)cc1)N1CCC[C@@H](C(F)(F)F)C1. The molecule has 0 saturated carbocycles. The lowest BCUT2D eigenvalue weighted by Gasteiger charge is -2.33. The van der Waals surface area contributed by atoms with Crippen molar-refractivity contribution in [1.29, 1.82) is 0 Å². The Labute approximate surface area is 158 Å². The summed E-state index contributed by atoms with van der Waals surface area (Å²) >= 11 is 1.07. The Kier molecular flexibility index (Phi) is 5.48. The fraction of sp³-hybridized carbons (Fsp3) is 0.353. The molecule has 27 heavy (non-hydrogen) atoms. The van der Waals surface area contributed by atoms with Crippen molar-refractivity contribution >= 4 is 33.0 Å². The molecular weight excluding hydrogens is 401 g/mol. The van der Waals surface area contributed by atoms with Gasteiger partial charge >= 0.3 is 6.18 Å². The van der Waals surface area contributed by atoms with Gasteiger partial charge in [-0.25, -0.2) is 8.42 Å². The van der Waals surface area contributed by atoms with Gasteiger partial charge in [0.2, 0.25) is 0 Å². The molecule has 0 aliphatic carbocycles. The number of halogens is 3. The van der Waals surface area contributed by atoms with Crippen molar-refractivity contribution in [2.75, 3.05) is 17.8 Å². The highest BCUT2D eigenvalue weighted by molar-refractivity contribution is 7.94. The topological polar surface area (TPSA) is 66.5 Å². The number of sulfonamides is 1. The molecule has 3 rings (SSSR count). The molecule has 146 valence electrons. The van der Waals surface area contributed by atoms with E-state index in [0.29, 0.717) is 6.42 Å². The van der Waals surface area contributed by atoms with Gasteiger partial charge in [-0.15, -0.1) is 11.3 Å². The van der Waals surface area contributed by atoms with Gasteiger partial charge in [-0.05, 0) is 48.6 Å². The van der Waals surface area contributed by atoms with Gasteiger partial charge in [0.25, 0.3) is 15.9 Å². The maximum atomic E-state index is 12.9. The number of benzene rings is 1. The van der Waals surface area contributed by atoms with E-state index in [-0.39, 0.29) is 35.0 Å². The summed E-state index contributed by atoms with van der Waals surface area (Å²) in [6.45, 7) is -0.0761. The molecule has 10 heteroatoms. The van der Waals surface area contributed by atoms with Crippen LogP contribution in [0.15, 0.2) is 46.0 Å². The highest BCUT2D eigenvalue weighted by Gasteiger charge is 2.42. The Balaban J connectivity index is 1.69. The molecule has 0 spiro atoms. The number of hydrogen-bond donors (Lipinski definition) is 1. The number of nitrogens with zero attached hydrogens (tertiary/aromatic N) is 1. The van der Waals surface area contributed by atoms with Crippen molar-refractivity contribution in [1.82, 2.24) is 4.90 Å². The molecule has 0 unspecified atom stereocenters. The van der Waals surface area contributed by atoms with Gasteiger partial charge in [-0.1, -0.05) is 6.07 Å². The van der Waals surface area contributed by atoms with E-state index in [1.54, 1.807) is 11.4 Å². The zero-order valence-electron chi connectivity index (χ0n) is 14.1. The number of alkyl halides is 3. The average molecular weight is 418 g/mol. The summed E-state index contributed by atoms with van der Waals surface area (Å²) in [7, 11) is -3.70. The maximum absolute atomic E-state index is 12.9. The maximum Gasteiger partial charge on any atom is 0.393 e. The minimum atomic E-state index is -4.32. The van der Waals surface area contributed by atoms with E-state index in [1.807, 2.05) is 0 Å². The second-order valence-electron chi connectivity index (χ2n) is 6.25. The van der Waals surface area contributed by atoms with Crippen LogP contribution in [0.4, 0.5) is 18.9 Å². The Bertz CT molecular complexity index is 895. The highest BCUT2D eigenvalue weighted by atomic mass is 32.2. The molecule has 0 bridgehead atoms. The number of rotatable bonds is 4. The first-order valence-corrected chi connectivity index (χ1v) is 10.6. The average Bonchev–Trinajstić information content (AvgIpc) is 3.17. The summed E-state index contributed by atoms with van der Waals surface area (Å²) < 4.78 is 65.6. The number of nitrogens with one attached hydrogen (secondary N) is 1. The summed E-state index contributed by atoms with van der Waals surface area (Å²) in [6.07, 6.45) is -3.99. The number of thiophene rings is 1. The van der Waals surface area contributed by atoms with Crippen molar-refractivity contribution in [2.24, 2.45) is 5.92 Å². The molecule has 1 aliphatic heterocycles. The van der Waals surface area contributed by atoms with Crippen molar-refractivity contribution in [3.05, 3.63) is 47.3 Å². The van der Waals surface area contributed by atoms with E-state index >= 15 is 0 Å². The number of piperidine rings is 1. The molecule has 1 N–H and O–H groups in total. The molecule has 5 nitrogen and oxygen atoms in total. The van der Waals surface area contributed by atoms with Crippen LogP contribution in [0.3, 0.4) is 0 Å². The van der Waals surface area contributed by atoms with Gasteiger partial charge in [0.05, 0.1) is 5.92 Å². The van der Waals surface area contributed by atoms with Gasteiger partial charge in [0, 0.05) is 24.3 Å². The minimum absolute atomic E-state index is 0.0245. The van der Waals surface area contributed by atoms with Crippen molar-refractivity contribution in [3.63, 3.8) is 0 Å². The van der Waals surface area contributed by atoms with E-state index in [1.165, 1.54) is 35.2 Å². The molecule has 2 heterocycles. The fourth-order valence-electron chi connectivity index (χ4n) is 2.91. The first-order valence-electron chi connectivity index (χ1n) is 8.19. The quantitative estimate of drug-likeness (QED) is 0.817. The summed E-state index contributed by atoms with van der Waals surface area (Å²) in [5, 5.41) is 1.64. The monoisotopic (exact) mass is 418 g/mol. The van der Waals surface area contributed by atoms with Crippen LogP contribution in [-0.2, 0) is 10.0 Å². The van der Waals surface area contributed by atoms with E-state index < -0.39 is 28.0 Å². The van der Waals surface area contributed by atoms with Crippen molar-refractivity contribution in [2.45, 2.75) is 23.2 Å². The number of anilines is 1. The Morgan fingerprint density at radius 2 is 1.89 bits per heavy atom. The van der Waals surface area contributed by atoms with Gasteiger partial charge in [-0.3, -0.25) is 9.52 Å². The molecular formula is C17H17F3N2O3S2. The van der Waals surface area contributed by atoms with Crippen LogP contribution in [-0.4, -0.2) is 38.5 Å². The lowest BCUT2D eigenvalue weighted by molar-refractivity contribution is -0.184. The summed E-state index contributed by atoms with van der Waals surface area (Å²) in [5.74, 6) is -2.00. The predicted octanol–water partition coefficient (Wildman–Crippen LogP) is 3.96. The molecule has 1 atom stereocenters. The van der Waals surface area contributed by atoms with Crippen LogP contribution in [0.25, 0.3) is 0 Å². The van der Waals surface area contributed by atoms with Crippen LogP contribution < -0.4 is 4.72 Å². The van der Waals surface area contributed by atoms with Gasteiger partial charge < -0.3 is 4.90 Å². The zero-order chi connectivity index (χ0) is 19.7. The van der Waals surface area contributed by atoms with Gasteiger partial charge in [0.15, 0.2) is 0 Å². The summed E-state index contributed by atoms with van der Waals surface area (Å²) in [5.41, 5.74) is 0.489. The van der Waals surface area contributed by atoms with Crippen LogP contribution in [0.2, 0.25) is 0 Å². The molecule has 1 amide bonds. The van der Waals surface area contributed by atoms with Gasteiger partial charge in [0.1, 0.15) is 4.21 Å². The number of amides is 1. The van der Waals surface area contributed by atoms with Crippen molar-refractivity contribution < 1.29 is 26.4 Å². The molecule has 1 fully saturated rings. The number of carbonyl (C=O) groups excluding carboxylic acids is 1. The highest BCUT2D eigenvalue weighted by Crippen LogP contribution is 2.33. The molecule has 0 radical (unpaired) electrons. The largest absolute Gasteiger partial charge is 0.393 e. The molecule has 2 aromatic rings. The lowest BCUT2D eigenvalue weighted by atomic mass is 9.97. The fourth-order valence-corrected chi connectivity index (χ4v) is 4.97. The Hall–Kier alpha value is -2.07. The van der Waals surface area contributed by atoms with Crippen LogP contribution in [0.5, 0.6) is 0 Å². The van der Waals surface area contributed by atoms with Crippen LogP contribution >= 0.6 is 11.3 Å². The van der Waals surface area contributed by atoms with E-state index in [0.717, 1.165) is 11.3 Å². The summed E-state index contributed by atoms with van der Waals surface area (Å²) in [4.78, 5) is 13.7.